The summed E-state index contributed by atoms with van der Waals surface area (Å²) in [5.41, 5.74) is 6.95. The summed E-state index contributed by atoms with van der Waals surface area (Å²) in [6, 6.07) is 4.12. The molecule has 1 aromatic carbocycles. The second-order valence-electron chi connectivity index (χ2n) is 6.06. The lowest BCUT2D eigenvalue weighted by atomic mass is 10.0. The van der Waals surface area contributed by atoms with Gasteiger partial charge in [0.05, 0.1) is 17.7 Å². The first-order valence-electron chi connectivity index (χ1n) is 7.37. The predicted molar refractivity (Wildman–Crippen MR) is 87.8 cm³/mol. The number of hydrogen-bond donors (Lipinski definition) is 1. The maximum Gasteiger partial charge on any atom is 0.240 e. The molecule has 1 atom stereocenters. The molecule has 0 unspecified atom stereocenters. The summed E-state index contributed by atoms with van der Waals surface area (Å²) in [6.45, 7) is 6.09. The highest BCUT2D eigenvalue weighted by Gasteiger charge is 2.29. The Bertz CT molecular complexity index is 708. The van der Waals surface area contributed by atoms with Crippen LogP contribution in [0.1, 0.15) is 35.1 Å². The minimum atomic E-state index is -2.94. The fourth-order valence-electron chi connectivity index (χ4n) is 2.64. The normalized spacial score (nSPS) is 20.4. The molecular weight excluding hydrogens is 300 g/mol. The van der Waals surface area contributed by atoms with Gasteiger partial charge in [-0.2, -0.15) is 5.10 Å². The van der Waals surface area contributed by atoms with Crippen molar-refractivity contribution in [2.24, 2.45) is 11.0 Å². The van der Waals surface area contributed by atoms with Crippen molar-refractivity contribution in [1.82, 2.24) is 5.43 Å². The highest BCUT2D eigenvalue weighted by Crippen LogP contribution is 2.21. The van der Waals surface area contributed by atoms with Gasteiger partial charge in [0, 0.05) is 6.42 Å². The molecule has 120 valence electrons. The zero-order valence-electron chi connectivity index (χ0n) is 13.2. The third-order valence-corrected chi connectivity index (χ3v) is 5.91. The summed E-state index contributed by atoms with van der Waals surface area (Å²) >= 11 is 0. The van der Waals surface area contributed by atoms with E-state index in [-0.39, 0.29) is 29.8 Å². The highest BCUT2D eigenvalue weighted by molar-refractivity contribution is 7.91. The Labute approximate surface area is 131 Å². The molecule has 0 aromatic heterocycles. The van der Waals surface area contributed by atoms with Crippen LogP contribution in [0.2, 0.25) is 0 Å². The van der Waals surface area contributed by atoms with Gasteiger partial charge in [0.15, 0.2) is 9.84 Å². The van der Waals surface area contributed by atoms with Gasteiger partial charge in [0.2, 0.25) is 5.91 Å². The molecule has 2 rings (SSSR count). The number of hydrazone groups is 1. The van der Waals surface area contributed by atoms with Crippen molar-refractivity contribution in [3.63, 3.8) is 0 Å². The zero-order chi connectivity index (χ0) is 16.3. The Morgan fingerprint density at radius 1 is 1.27 bits per heavy atom. The van der Waals surface area contributed by atoms with Gasteiger partial charge in [-0.3, -0.25) is 4.79 Å². The van der Waals surface area contributed by atoms with Gasteiger partial charge in [-0.05, 0) is 61.4 Å². The summed E-state index contributed by atoms with van der Waals surface area (Å²) < 4.78 is 22.7. The molecule has 1 aliphatic heterocycles. The number of rotatable bonds is 4. The van der Waals surface area contributed by atoms with Crippen LogP contribution in [0, 0.1) is 26.7 Å². The van der Waals surface area contributed by atoms with Crippen molar-refractivity contribution < 1.29 is 13.2 Å². The Morgan fingerprint density at radius 3 is 2.59 bits per heavy atom. The van der Waals surface area contributed by atoms with Crippen LogP contribution in [0.25, 0.3) is 0 Å². The number of benzene rings is 1. The van der Waals surface area contributed by atoms with Crippen LogP contribution in [-0.2, 0) is 14.6 Å². The first kappa shape index (κ1) is 16.7. The minimum absolute atomic E-state index is 0.0800. The standard InChI is InChI=1S/C16H22N2O3S/c1-11-6-13(3)15(7-12(11)2)9-17-18-16(19)8-14-4-5-22(20,21)10-14/h6-7,9,14H,4-5,8,10H2,1-3H3,(H,18,19)/b17-9-/t14-/m1/s1. The van der Waals surface area contributed by atoms with E-state index in [1.807, 2.05) is 19.9 Å². The van der Waals surface area contributed by atoms with E-state index in [0.29, 0.717) is 6.42 Å². The molecule has 1 heterocycles. The van der Waals surface area contributed by atoms with Crippen LogP contribution in [0.3, 0.4) is 0 Å². The first-order valence-corrected chi connectivity index (χ1v) is 9.19. The van der Waals surface area contributed by atoms with E-state index in [2.05, 4.69) is 23.5 Å². The Balaban J connectivity index is 1.90. The molecule has 5 nitrogen and oxygen atoms in total. The number of amides is 1. The van der Waals surface area contributed by atoms with Crippen molar-refractivity contribution >= 4 is 22.0 Å². The number of nitrogens with zero attached hydrogens (tertiary/aromatic N) is 1. The van der Waals surface area contributed by atoms with Crippen LogP contribution in [0.15, 0.2) is 17.2 Å². The molecule has 0 saturated carbocycles. The molecule has 0 radical (unpaired) electrons. The van der Waals surface area contributed by atoms with E-state index in [4.69, 9.17) is 0 Å². The maximum absolute atomic E-state index is 11.8. The lowest BCUT2D eigenvalue weighted by molar-refractivity contribution is -0.121. The molecule has 1 N–H and O–H groups in total. The van der Waals surface area contributed by atoms with E-state index in [9.17, 15) is 13.2 Å². The fourth-order valence-corrected chi connectivity index (χ4v) is 4.50. The Hall–Kier alpha value is -1.69. The van der Waals surface area contributed by atoms with Crippen molar-refractivity contribution in [3.8, 4) is 0 Å². The molecule has 1 fully saturated rings. The van der Waals surface area contributed by atoms with Crippen LogP contribution in [-0.4, -0.2) is 32.0 Å². The average molecular weight is 322 g/mol. The minimum Gasteiger partial charge on any atom is -0.273 e. The van der Waals surface area contributed by atoms with Gasteiger partial charge in [-0.15, -0.1) is 0 Å². The summed E-state index contributed by atoms with van der Waals surface area (Å²) in [5.74, 6) is -0.0143. The van der Waals surface area contributed by atoms with Crippen molar-refractivity contribution in [2.75, 3.05) is 11.5 Å². The molecule has 1 aromatic rings. The average Bonchev–Trinajstić information content (AvgIpc) is 2.74. The summed E-state index contributed by atoms with van der Waals surface area (Å²) in [7, 11) is -2.94. The summed E-state index contributed by atoms with van der Waals surface area (Å²) in [4.78, 5) is 11.8. The molecule has 0 aliphatic carbocycles. The third-order valence-electron chi connectivity index (χ3n) is 4.08. The smallest absolute Gasteiger partial charge is 0.240 e. The molecule has 1 saturated heterocycles. The van der Waals surface area contributed by atoms with Gasteiger partial charge in [-0.25, -0.2) is 13.8 Å². The molecule has 1 aliphatic rings. The largest absolute Gasteiger partial charge is 0.273 e. The van der Waals surface area contributed by atoms with Crippen LogP contribution >= 0.6 is 0 Å². The third kappa shape index (κ3) is 4.40. The first-order chi connectivity index (χ1) is 10.3. The molecular formula is C16H22N2O3S. The SMILES string of the molecule is Cc1cc(C)c(/C=N\NC(=O)C[C@H]2CCS(=O)(=O)C2)cc1C. The van der Waals surface area contributed by atoms with Crippen LogP contribution in [0.4, 0.5) is 0 Å². The summed E-state index contributed by atoms with van der Waals surface area (Å²) in [6.07, 6.45) is 2.41. The number of carbonyl (C=O) groups is 1. The fraction of sp³-hybridized carbons (Fsp3) is 0.500. The predicted octanol–water partition coefficient (Wildman–Crippen LogP) is 1.89. The van der Waals surface area contributed by atoms with Gasteiger partial charge in [0.1, 0.15) is 0 Å². The van der Waals surface area contributed by atoms with Gasteiger partial charge in [0.25, 0.3) is 0 Å². The molecule has 0 spiro atoms. The zero-order valence-corrected chi connectivity index (χ0v) is 14.0. The monoisotopic (exact) mass is 322 g/mol. The lowest BCUT2D eigenvalue weighted by Gasteiger charge is -2.07. The van der Waals surface area contributed by atoms with E-state index in [0.717, 1.165) is 11.1 Å². The van der Waals surface area contributed by atoms with Crippen LogP contribution < -0.4 is 5.43 Å². The van der Waals surface area contributed by atoms with Gasteiger partial charge < -0.3 is 0 Å². The topological polar surface area (TPSA) is 75.6 Å². The van der Waals surface area contributed by atoms with Crippen molar-refractivity contribution in [3.05, 3.63) is 34.4 Å². The van der Waals surface area contributed by atoms with Crippen molar-refractivity contribution in [2.45, 2.75) is 33.6 Å². The second-order valence-corrected chi connectivity index (χ2v) is 8.29. The summed E-state index contributed by atoms with van der Waals surface area (Å²) in [5, 5.41) is 3.98. The number of aryl methyl sites for hydroxylation is 3. The molecule has 6 heteroatoms. The second kappa shape index (κ2) is 6.60. The van der Waals surface area contributed by atoms with Gasteiger partial charge in [-0.1, -0.05) is 6.07 Å². The van der Waals surface area contributed by atoms with Crippen LogP contribution in [0.5, 0.6) is 0 Å². The van der Waals surface area contributed by atoms with E-state index in [1.165, 1.54) is 11.1 Å². The maximum atomic E-state index is 11.8. The number of nitrogens with one attached hydrogen (secondary N) is 1. The quantitative estimate of drug-likeness (QED) is 0.679. The molecule has 22 heavy (non-hydrogen) atoms. The van der Waals surface area contributed by atoms with E-state index in [1.54, 1.807) is 6.21 Å². The molecule has 1 amide bonds. The Morgan fingerprint density at radius 2 is 1.95 bits per heavy atom. The molecule has 0 bridgehead atoms. The number of hydrogen-bond acceptors (Lipinski definition) is 4. The van der Waals surface area contributed by atoms with E-state index >= 15 is 0 Å². The number of sulfone groups is 1. The lowest BCUT2D eigenvalue weighted by Crippen LogP contribution is -2.21. The number of carbonyl (C=O) groups excluding carboxylic acids is 1. The van der Waals surface area contributed by atoms with E-state index < -0.39 is 9.84 Å². The van der Waals surface area contributed by atoms with Crippen molar-refractivity contribution in [1.29, 1.82) is 0 Å². The highest BCUT2D eigenvalue weighted by atomic mass is 32.2. The Kier molecular flexibility index (Phi) is 5.01. The van der Waals surface area contributed by atoms with Gasteiger partial charge >= 0.3 is 0 Å².